The van der Waals surface area contributed by atoms with Crippen LogP contribution in [0.5, 0.6) is 5.75 Å². The molecule has 0 spiro atoms. The van der Waals surface area contributed by atoms with Gasteiger partial charge >= 0.3 is 0 Å². The molecule has 0 amide bonds. The van der Waals surface area contributed by atoms with E-state index in [0.29, 0.717) is 11.3 Å². The molecule has 0 bridgehead atoms. The van der Waals surface area contributed by atoms with E-state index >= 15 is 0 Å². The molecule has 0 aliphatic carbocycles. The minimum absolute atomic E-state index is 0.0423. The first-order valence-corrected chi connectivity index (χ1v) is 4.18. The van der Waals surface area contributed by atoms with E-state index in [2.05, 4.69) is 0 Å². The largest absolute Gasteiger partial charge is 0.496 e. The SMILES string of the molecule is COc1cc(Cl)c(F)cc1CCl. The Kier molecular flexibility index (Phi) is 3.18. The molecule has 0 atom stereocenters. The van der Waals surface area contributed by atoms with Crippen LogP contribution in [0.1, 0.15) is 5.56 Å². The van der Waals surface area contributed by atoms with Crippen molar-refractivity contribution in [2.45, 2.75) is 5.88 Å². The van der Waals surface area contributed by atoms with Gasteiger partial charge in [-0.25, -0.2) is 4.39 Å². The highest BCUT2D eigenvalue weighted by atomic mass is 35.5. The third-order valence-corrected chi connectivity index (χ3v) is 2.04. The molecule has 1 nitrogen and oxygen atoms in total. The second-order valence-electron chi connectivity index (χ2n) is 2.21. The average Bonchev–Trinajstić information content (AvgIpc) is 2.09. The molecule has 0 radical (unpaired) electrons. The molecule has 0 N–H and O–H groups in total. The Morgan fingerprint density at radius 1 is 1.50 bits per heavy atom. The molecule has 0 aliphatic rings. The molecule has 0 heterocycles. The molecule has 0 saturated carbocycles. The minimum atomic E-state index is -0.479. The second kappa shape index (κ2) is 3.97. The first-order valence-electron chi connectivity index (χ1n) is 3.27. The number of benzene rings is 1. The van der Waals surface area contributed by atoms with Crippen molar-refractivity contribution in [3.63, 3.8) is 0 Å². The Morgan fingerprint density at radius 3 is 2.67 bits per heavy atom. The summed E-state index contributed by atoms with van der Waals surface area (Å²) in [6, 6.07) is 2.68. The van der Waals surface area contributed by atoms with Gasteiger partial charge in [0.05, 0.1) is 18.0 Å². The lowest BCUT2D eigenvalue weighted by molar-refractivity contribution is 0.410. The minimum Gasteiger partial charge on any atom is -0.496 e. The van der Waals surface area contributed by atoms with Crippen LogP contribution >= 0.6 is 23.2 Å². The zero-order chi connectivity index (χ0) is 9.14. The molecule has 0 aliphatic heterocycles. The van der Waals surface area contributed by atoms with Gasteiger partial charge in [0.2, 0.25) is 0 Å². The Hall–Kier alpha value is -0.470. The van der Waals surface area contributed by atoms with Crippen LogP contribution < -0.4 is 4.74 Å². The van der Waals surface area contributed by atoms with Gasteiger partial charge in [0.15, 0.2) is 0 Å². The molecule has 1 aromatic rings. The molecular formula is C8H7Cl2FO. The van der Waals surface area contributed by atoms with Crippen LogP contribution in [0.3, 0.4) is 0 Å². The van der Waals surface area contributed by atoms with Crippen LogP contribution in [-0.4, -0.2) is 7.11 Å². The van der Waals surface area contributed by atoms with Gasteiger partial charge in [-0.3, -0.25) is 0 Å². The number of rotatable bonds is 2. The van der Waals surface area contributed by atoms with Crippen molar-refractivity contribution in [2.24, 2.45) is 0 Å². The fraction of sp³-hybridized carbons (Fsp3) is 0.250. The monoisotopic (exact) mass is 208 g/mol. The second-order valence-corrected chi connectivity index (χ2v) is 2.89. The summed E-state index contributed by atoms with van der Waals surface area (Å²) in [5.74, 6) is 0.238. The fourth-order valence-corrected chi connectivity index (χ4v) is 1.23. The fourth-order valence-electron chi connectivity index (χ4n) is 0.864. The summed E-state index contributed by atoms with van der Waals surface area (Å²) in [6.45, 7) is 0. The van der Waals surface area contributed by atoms with Crippen LogP contribution in [0, 0.1) is 5.82 Å². The molecule has 0 unspecified atom stereocenters. The van der Waals surface area contributed by atoms with Crippen molar-refractivity contribution < 1.29 is 9.13 Å². The van der Waals surface area contributed by atoms with Gasteiger partial charge in [-0.1, -0.05) is 11.6 Å². The Bertz CT molecular complexity index is 260. The summed E-state index contributed by atoms with van der Waals surface area (Å²) in [6.07, 6.45) is 0. The van der Waals surface area contributed by atoms with Crippen molar-refractivity contribution in [3.8, 4) is 5.75 Å². The number of halogens is 3. The lowest BCUT2D eigenvalue weighted by Crippen LogP contribution is -1.91. The lowest BCUT2D eigenvalue weighted by Gasteiger charge is -2.06. The predicted octanol–water partition coefficient (Wildman–Crippen LogP) is 3.23. The zero-order valence-corrected chi connectivity index (χ0v) is 7.92. The molecule has 1 rings (SSSR count). The van der Waals surface area contributed by atoms with Gasteiger partial charge in [0.25, 0.3) is 0 Å². The summed E-state index contributed by atoms with van der Waals surface area (Å²) in [5.41, 5.74) is 0.598. The van der Waals surface area contributed by atoms with Crippen LogP contribution in [0.2, 0.25) is 5.02 Å². The maximum atomic E-state index is 12.8. The maximum Gasteiger partial charge on any atom is 0.142 e. The predicted molar refractivity (Wildman–Crippen MR) is 47.5 cm³/mol. The normalized spacial score (nSPS) is 10.0. The van der Waals surface area contributed by atoms with Crippen molar-refractivity contribution >= 4 is 23.2 Å². The van der Waals surface area contributed by atoms with Gasteiger partial charge in [-0.15, -0.1) is 11.6 Å². The number of ether oxygens (including phenoxy) is 1. The summed E-state index contributed by atoms with van der Waals surface area (Å²) in [4.78, 5) is 0. The molecule has 12 heavy (non-hydrogen) atoms. The molecule has 66 valence electrons. The van der Waals surface area contributed by atoms with Crippen LogP contribution in [0.4, 0.5) is 4.39 Å². The Balaban J connectivity index is 3.19. The molecule has 0 fully saturated rings. The van der Waals surface area contributed by atoms with E-state index in [-0.39, 0.29) is 10.9 Å². The first kappa shape index (κ1) is 9.62. The van der Waals surface area contributed by atoms with Gasteiger partial charge in [0, 0.05) is 11.6 Å². The highest BCUT2D eigenvalue weighted by molar-refractivity contribution is 6.31. The van der Waals surface area contributed by atoms with Gasteiger partial charge < -0.3 is 4.74 Å². The zero-order valence-electron chi connectivity index (χ0n) is 6.40. The highest BCUT2D eigenvalue weighted by Gasteiger charge is 2.07. The van der Waals surface area contributed by atoms with E-state index in [4.69, 9.17) is 27.9 Å². The van der Waals surface area contributed by atoms with E-state index in [1.807, 2.05) is 0 Å². The van der Waals surface area contributed by atoms with Gasteiger partial charge in [-0.05, 0) is 6.07 Å². The van der Waals surface area contributed by atoms with Gasteiger partial charge in [-0.2, -0.15) is 0 Å². The summed E-state index contributed by atoms with van der Waals surface area (Å²) >= 11 is 11.1. The van der Waals surface area contributed by atoms with Gasteiger partial charge in [0.1, 0.15) is 11.6 Å². The topological polar surface area (TPSA) is 9.23 Å². The van der Waals surface area contributed by atoms with E-state index in [9.17, 15) is 4.39 Å². The van der Waals surface area contributed by atoms with E-state index in [0.717, 1.165) is 0 Å². The third kappa shape index (κ3) is 1.82. The van der Waals surface area contributed by atoms with Crippen LogP contribution in [-0.2, 0) is 5.88 Å². The van der Waals surface area contributed by atoms with Crippen molar-refractivity contribution in [1.29, 1.82) is 0 Å². The standard InChI is InChI=1S/C8H7Cl2FO/c1-12-8-3-6(10)7(11)2-5(8)4-9/h2-3H,4H2,1H3. The van der Waals surface area contributed by atoms with Crippen molar-refractivity contribution in [1.82, 2.24) is 0 Å². The Labute approximate surface area is 80.0 Å². The summed E-state index contributed by atoms with van der Waals surface area (Å²) in [7, 11) is 1.49. The van der Waals surface area contributed by atoms with Crippen molar-refractivity contribution in [2.75, 3.05) is 7.11 Å². The van der Waals surface area contributed by atoms with Crippen molar-refractivity contribution in [3.05, 3.63) is 28.5 Å². The third-order valence-electron chi connectivity index (χ3n) is 1.47. The van der Waals surface area contributed by atoms with Crippen LogP contribution in [0.25, 0.3) is 0 Å². The van der Waals surface area contributed by atoms with E-state index < -0.39 is 5.82 Å². The molecule has 4 heteroatoms. The molecular weight excluding hydrogens is 202 g/mol. The molecule has 0 aromatic heterocycles. The number of methoxy groups -OCH3 is 1. The highest BCUT2D eigenvalue weighted by Crippen LogP contribution is 2.27. The first-order chi connectivity index (χ1) is 5.69. The number of alkyl halides is 1. The Morgan fingerprint density at radius 2 is 2.17 bits per heavy atom. The average molecular weight is 209 g/mol. The van der Waals surface area contributed by atoms with E-state index in [1.165, 1.54) is 19.2 Å². The number of hydrogen-bond donors (Lipinski definition) is 0. The van der Waals surface area contributed by atoms with E-state index in [1.54, 1.807) is 0 Å². The quantitative estimate of drug-likeness (QED) is 0.679. The molecule has 0 saturated heterocycles. The summed E-state index contributed by atoms with van der Waals surface area (Å²) < 4.78 is 17.8. The maximum absolute atomic E-state index is 12.8. The molecule has 1 aromatic carbocycles. The smallest absolute Gasteiger partial charge is 0.142 e. The lowest BCUT2D eigenvalue weighted by atomic mass is 10.2. The summed E-state index contributed by atoms with van der Waals surface area (Å²) in [5, 5.41) is 0.0423. The van der Waals surface area contributed by atoms with Crippen LogP contribution in [0.15, 0.2) is 12.1 Å². The number of hydrogen-bond acceptors (Lipinski definition) is 1.